The van der Waals surface area contributed by atoms with Crippen molar-refractivity contribution in [2.24, 2.45) is 0 Å². The number of carboxylic acid groups (broad SMARTS) is 1. The lowest BCUT2D eigenvalue weighted by molar-refractivity contribution is 0.0699. The molecule has 3 rings (SSSR count). The molecule has 22 heavy (non-hydrogen) atoms. The van der Waals surface area contributed by atoms with Crippen LogP contribution in [0.25, 0.3) is 22.2 Å². The van der Waals surface area contributed by atoms with E-state index in [2.05, 4.69) is 4.98 Å². The number of carbonyl (C=O) groups is 1. The number of pyridine rings is 1. The predicted molar refractivity (Wildman–Crippen MR) is 79.1 cm³/mol. The molecule has 110 valence electrons. The first kappa shape index (κ1) is 14.4. The van der Waals surface area contributed by atoms with Gasteiger partial charge in [-0.25, -0.2) is 18.6 Å². The average molecular weight is 320 g/mol. The third kappa shape index (κ3) is 2.40. The molecule has 0 saturated carbocycles. The monoisotopic (exact) mass is 319 g/mol. The van der Waals surface area contributed by atoms with E-state index in [-0.39, 0.29) is 21.8 Å². The van der Waals surface area contributed by atoms with Crippen molar-refractivity contribution in [3.63, 3.8) is 0 Å². The molecule has 0 spiro atoms. The van der Waals surface area contributed by atoms with Crippen molar-refractivity contribution in [3.05, 3.63) is 64.7 Å². The van der Waals surface area contributed by atoms with E-state index in [1.165, 1.54) is 12.1 Å². The van der Waals surface area contributed by atoms with Gasteiger partial charge >= 0.3 is 5.97 Å². The Balaban J connectivity index is 2.33. The summed E-state index contributed by atoms with van der Waals surface area (Å²) >= 11 is 6.06. The number of carboxylic acids is 1. The van der Waals surface area contributed by atoms with Crippen LogP contribution >= 0.6 is 11.6 Å². The van der Waals surface area contributed by atoms with Crippen LogP contribution in [0.15, 0.2) is 42.5 Å². The molecule has 0 bridgehead atoms. The zero-order valence-corrected chi connectivity index (χ0v) is 11.7. The molecule has 0 aliphatic rings. The van der Waals surface area contributed by atoms with E-state index in [1.807, 2.05) is 0 Å². The summed E-state index contributed by atoms with van der Waals surface area (Å²) in [5, 5.41) is 10.0. The smallest absolute Gasteiger partial charge is 0.336 e. The largest absolute Gasteiger partial charge is 0.478 e. The van der Waals surface area contributed by atoms with Crippen LogP contribution in [0.1, 0.15) is 10.4 Å². The zero-order chi connectivity index (χ0) is 15.9. The predicted octanol–water partition coefficient (Wildman–Crippen LogP) is 4.53. The summed E-state index contributed by atoms with van der Waals surface area (Å²) < 4.78 is 26.4. The first-order valence-corrected chi connectivity index (χ1v) is 6.63. The summed E-state index contributed by atoms with van der Waals surface area (Å²) in [5.41, 5.74) is 0.760. The van der Waals surface area contributed by atoms with Crippen molar-refractivity contribution in [1.82, 2.24) is 4.98 Å². The van der Waals surface area contributed by atoms with E-state index in [4.69, 9.17) is 11.6 Å². The van der Waals surface area contributed by atoms with Gasteiger partial charge in [-0.15, -0.1) is 0 Å². The number of rotatable bonds is 2. The van der Waals surface area contributed by atoms with Gasteiger partial charge in [0, 0.05) is 10.9 Å². The van der Waals surface area contributed by atoms with Gasteiger partial charge in [0.15, 0.2) is 11.6 Å². The molecule has 6 heteroatoms. The zero-order valence-electron chi connectivity index (χ0n) is 11.0. The maximum atomic E-state index is 13.4. The second-order valence-electron chi connectivity index (χ2n) is 4.63. The van der Waals surface area contributed by atoms with E-state index in [1.54, 1.807) is 18.2 Å². The van der Waals surface area contributed by atoms with E-state index in [0.717, 1.165) is 12.1 Å². The molecule has 0 saturated heterocycles. The summed E-state index contributed by atoms with van der Waals surface area (Å²) in [4.78, 5) is 15.7. The van der Waals surface area contributed by atoms with Crippen molar-refractivity contribution in [2.75, 3.05) is 0 Å². The fraction of sp³-hybridized carbons (Fsp3) is 0. The second-order valence-corrected chi connectivity index (χ2v) is 5.03. The van der Waals surface area contributed by atoms with Crippen LogP contribution in [-0.2, 0) is 0 Å². The molecule has 1 N–H and O–H groups in total. The molecule has 2 aromatic carbocycles. The highest BCUT2D eigenvalue weighted by Crippen LogP contribution is 2.29. The van der Waals surface area contributed by atoms with Crippen molar-refractivity contribution in [3.8, 4) is 11.3 Å². The summed E-state index contributed by atoms with van der Waals surface area (Å²) in [6.07, 6.45) is 0. The number of aromatic carboxylic acids is 1. The molecular formula is C16H8ClF2NO2. The van der Waals surface area contributed by atoms with Crippen LogP contribution in [0.2, 0.25) is 5.02 Å². The lowest BCUT2D eigenvalue weighted by Gasteiger charge is -2.08. The number of para-hydroxylation sites is 1. The van der Waals surface area contributed by atoms with E-state index < -0.39 is 17.6 Å². The number of hydrogen-bond donors (Lipinski definition) is 1. The second kappa shape index (κ2) is 5.35. The van der Waals surface area contributed by atoms with Gasteiger partial charge in [-0.2, -0.15) is 0 Å². The van der Waals surface area contributed by atoms with Crippen molar-refractivity contribution < 1.29 is 18.7 Å². The minimum atomic E-state index is -1.15. The quantitative estimate of drug-likeness (QED) is 0.755. The summed E-state index contributed by atoms with van der Waals surface area (Å²) in [7, 11) is 0. The SMILES string of the molecule is O=C(O)c1cc(-c2ccc(F)c(F)c2)nc2c(Cl)cccc12. The Morgan fingerprint density at radius 3 is 2.55 bits per heavy atom. The van der Waals surface area contributed by atoms with Gasteiger partial charge in [0.25, 0.3) is 0 Å². The molecule has 1 aromatic heterocycles. The van der Waals surface area contributed by atoms with Crippen molar-refractivity contribution >= 4 is 28.5 Å². The Bertz CT molecular complexity index is 912. The number of hydrogen-bond acceptors (Lipinski definition) is 2. The van der Waals surface area contributed by atoms with Gasteiger partial charge in [0.2, 0.25) is 0 Å². The lowest BCUT2D eigenvalue weighted by Crippen LogP contribution is -2.01. The number of nitrogens with zero attached hydrogens (tertiary/aromatic N) is 1. The van der Waals surface area contributed by atoms with Gasteiger partial charge in [0.05, 0.1) is 21.8 Å². The minimum Gasteiger partial charge on any atom is -0.478 e. The van der Waals surface area contributed by atoms with Gasteiger partial charge in [-0.3, -0.25) is 0 Å². The van der Waals surface area contributed by atoms with E-state index in [0.29, 0.717) is 10.9 Å². The van der Waals surface area contributed by atoms with E-state index in [9.17, 15) is 18.7 Å². The number of halogens is 3. The Labute approximate surface area is 128 Å². The normalized spacial score (nSPS) is 10.9. The standard InChI is InChI=1S/C16H8ClF2NO2/c17-11-3-1-2-9-10(16(21)22)7-14(20-15(9)11)8-4-5-12(18)13(19)6-8/h1-7H,(H,21,22). The van der Waals surface area contributed by atoms with Crippen LogP contribution in [0.5, 0.6) is 0 Å². The van der Waals surface area contributed by atoms with Crippen molar-refractivity contribution in [1.29, 1.82) is 0 Å². The van der Waals surface area contributed by atoms with Crippen LogP contribution in [0.4, 0.5) is 8.78 Å². The molecular weight excluding hydrogens is 312 g/mol. The summed E-state index contributed by atoms with van der Waals surface area (Å²) in [5.74, 6) is -3.17. The first-order chi connectivity index (χ1) is 10.5. The highest BCUT2D eigenvalue weighted by molar-refractivity contribution is 6.35. The van der Waals surface area contributed by atoms with Gasteiger partial charge < -0.3 is 5.11 Å². The third-order valence-corrected chi connectivity index (χ3v) is 3.54. The average Bonchev–Trinajstić information content (AvgIpc) is 2.49. The summed E-state index contributed by atoms with van der Waals surface area (Å²) in [6.45, 7) is 0. The molecule has 0 aliphatic heterocycles. The topological polar surface area (TPSA) is 50.2 Å². The van der Waals surface area contributed by atoms with Crippen LogP contribution in [0, 0.1) is 11.6 Å². The molecule has 3 aromatic rings. The van der Waals surface area contributed by atoms with Gasteiger partial charge in [0.1, 0.15) is 0 Å². The molecule has 0 unspecified atom stereocenters. The minimum absolute atomic E-state index is 0.00719. The number of fused-ring (bicyclic) bond motifs is 1. The highest BCUT2D eigenvalue weighted by atomic mass is 35.5. The molecule has 0 atom stereocenters. The molecule has 3 nitrogen and oxygen atoms in total. The number of benzene rings is 2. The van der Waals surface area contributed by atoms with E-state index >= 15 is 0 Å². The van der Waals surface area contributed by atoms with Crippen molar-refractivity contribution in [2.45, 2.75) is 0 Å². The molecule has 0 fully saturated rings. The molecule has 1 heterocycles. The Hall–Kier alpha value is -2.53. The van der Waals surface area contributed by atoms with Crippen LogP contribution < -0.4 is 0 Å². The first-order valence-electron chi connectivity index (χ1n) is 6.25. The molecule has 0 radical (unpaired) electrons. The third-order valence-electron chi connectivity index (χ3n) is 3.24. The maximum absolute atomic E-state index is 13.4. The highest BCUT2D eigenvalue weighted by Gasteiger charge is 2.15. The van der Waals surface area contributed by atoms with Crippen LogP contribution in [0.3, 0.4) is 0 Å². The van der Waals surface area contributed by atoms with Gasteiger partial charge in [-0.05, 0) is 30.3 Å². The Morgan fingerprint density at radius 2 is 1.86 bits per heavy atom. The van der Waals surface area contributed by atoms with Gasteiger partial charge in [-0.1, -0.05) is 23.7 Å². The molecule has 0 aliphatic carbocycles. The fourth-order valence-electron chi connectivity index (χ4n) is 2.19. The Kier molecular flexibility index (Phi) is 3.50. The Morgan fingerprint density at radius 1 is 1.09 bits per heavy atom. The molecule has 0 amide bonds. The maximum Gasteiger partial charge on any atom is 0.336 e. The lowest BCUT2D eigenvalue weighted by atomic mass is 10.0. The fourth-order valence-corrected chi connectivity index (χ4v) is 2.41. The number of aromatic nitrogens is 1. The summed E-state index contributed by atoms with van der Waals surface area (Å²) in [6, 6.07) is 9.36. The van der Waals surface area contributed by atoms with Crippen LogP contribution in [-0.4, -0.2) is 16.1 Å².